The first-order chi connectivity index (χ1) is 10.1. The second kappa shape index (κ2) is 7.35. The molecule has 22 heavy (non-hydrogen) atoms. The van der Waals surface area contributed by atoms with Gasteiger partial charge in [0.05, 0.1) is 13.2 Å². The molecule has 2 N–H and O–H groups in total. The molecule has 3 atom stereocenters. The minimum Gasteiger partial charge on any atom is -0.378 e. The Bertz CT molecular complexity index is 518. The molecule has 1 saturated carbocycles. The third kappa shape index (κ3) is 3.94. The van der Waals surface area contributed by atoms with Gasteiger partial charge in [0.2, 0.25) is 5.91 Å². The average molecular weight is 333 g/mol. The standard InChI is InChI=1S/C15H18F2N2O2.ClH/c16-11-2-1-3-12(17)15(11)10-7-13(10)19-14(20)6-9-8-21-5-4-18-9;/h1-3,9-10,13,18H,4-8H2,(H,19,20);1H. The third-order valence-corrected chi connectivity index (χ3v) is 3.94. The second-order valence-corrected chi connectivity index (χ2v) is 5.58. The van der Waals surface area contributed by atoms with E-state index in [1.807, 2.05) is 0 Å². The zero-order chi connectivity index (χ0) is 14.8. The maximum Gasteiger partial charge on any atom is 0.221 e. The van der Waals surface area contributed by atoms with E-state index in [0.717, 1.165) is 6.54 Å². The molecule has 3 rings (SSSR count). The first-order valence-corrected chi connectivity index (χ1v) is 7.19. The van der Waals surface area contributed by atoms with E-state index >= 15 is 0 Å². The first-order valence-electron chi connectivity index (χ1n) is 7.19. The number of morpholine rings is 1. The van der Waals surface area contributed by atoms with E-state index in [-0.39, 0.29) is 41.9 Å². The van der Waals surface area contributed by atoms with Crippen LogP contribution < -0.4 is 10.6 Å². The van der Waals surface area contributed by atoms with Gasteiger partial charge in [0.15, 0.2) is 0 Å². The Hall–Kier alpha value is -1.24. The first kappa shape index (κ1) is 17.1. The topological polar surface area (TPSA) is 50.4 Å². The lowest BCUT2D eigenvalue weighted by molar-refractivity contribution is -0.122. The summed E-state index contributed by atoms with van der Waals surface area (Å²) >= 11 is 0. The number of nitrogens with one attached hydrogen (secondary N) is 2. The van der Waals surface area contributed by atoms with E-state index in [2.05, 4.69) is 10.6 Å². The molecule has 1 aliphatic heterocycles. The Labute approximate surface area is 134 Å². The smallest absolute Gasteiger partial charge is 0.221 e. The van der Waals surface area contributed by atoms with Crippen LogP contribution in [-0.2, 0) is 9.53 Å². The highest BCUT2D eigenvalue weighted by Crippen LogP contribution is 2.43. The van der Waals surface area contributed by atoms with Gasteiger partial charge < -0.3 is 15.4 Å². The molecule has 1 amide bonds. The van der Waals surface area contributed by atoms with Crippen molar-refractivity contribution in [3.05, 3.63) is 35.4 Å². The van der Waals surface area contributed by atoms with Gasteiger partial charge in [-0.25, -0.2) is 8.78 Å². The quantitative estimate of drug-likeness (QED) is 0.883. The van der Waals surface area contributed by atoms with Gasteiger partial charge in [-0.05, 0) is 18.6 Å². The van der Waals surface area contributed by atoms with Gasteiger partial charge in [-0.3, -0.25) is 4.79 Å². The molecule has 1 aliphatic carbocycles. The van der Waals surface area contributed by atoms with Crippen LogP contribution in [0, 0.1) is 11.6 Å². The zero-order valence-corrected chi connectivity index (χ0v) is 12.8. The number of halogens is 3. The van der Waals surface area contributed by atoms with Crippen molar-refractivity contribution in [3.63, 3.8) is 0 Å². The highest BCUT2D eigenvalue weighted by Gasteiger charge is 2.42. The SMILES string of the molecule is Cl.O=C(CC1COCCN1)NC1CC1c1c(F)cccc1F. The Kier molecular flexibility index (Phi) is 5.72. The van der Waals surface area contributed by atoms with Crippen LogP contribution in [0.1, 0.15) is 24.3 Å². The largest absolute Gasteiger partial charge is 0.378 e. The Morgan fingerprint density at radius 2 is 2.09 bits per heavy atom. The van der Waals surface area contributed by atoms with Crippen molar-refractivity contribution in [1.29, 1.82) is 0 Å². The highest BCUT2D eigenvalue weighted by atomic mass is 35.5. The molecular formula is C15H19ClF2N2O2. The van der Waals surface area contributed by atoms with E-state index in [4.69, 9.17) is 4.74 Å². The van der Waals surface area contributed by atoms with Gasteiger partial charge in [-0.15, -0.1) is 12.4 Å². The number of carbonyl (C=O) groups excluding carboxylic acids is 1. The molecule has 1 heterocycles. The van der Waals surface area contributed by atoms with E-state index in [9.17, 15) is 13.6 Å². The number of ether oxygens (including phenoxy) is 1. The molecular weight excluding hydrogens is 314 g/mol. The zero-order valence-electron chi connectivity index (χ0n) is 12.0. The van der Waals surface area contributed by atoms with Crippen molar-refractivity contribution in [3.8, 4) is 0 Å². The highest BCUT2D eigenvalue weighted by molar-refractivity contribution is 5.85. The fourth-order valence-corrected chi connectivity index (χ4v) is 2.78. The van der Waals surface area contributed by atoms with Gasteiger partial charge in [0.1, 0.15) is 11.6 Å². The van der Waals surface area contributed by atoms with Crippen LogP contribution in [0.15, 0.2) is 18.2 Å². The summed E-state index contributed by atoms with van der Waals surface area (Å²) < 4.78 is 32.6. The summed E-state index contributed by atoms with van der Waals surface area (Å²) in [4.78, 5) is 11.9. The normalized spacial score (nSPS) is 26.9. The van der Waals surface area contributed by atoms with Crippen LogP contribution in [0.2, 0.25) is 0 Å². The summed E-state index contributed by atoms with van der Waals surface area (Å²) in [6.45, 7) is 1.92. The maximum atomic E-state index is 13.6. The molecule has 0 radical (unpaired) electrons. The summed E-state index contributed by atoms with van der Waals surface area (Å²) in [5, 5.41) is 6.04. The summed E-state index contributed by atoms with van der Waals surface area (Å²) in [5.74, 6) is -1.45. The van der Waals surface area contributed by atoms with Crippen LogP contribution in [0.4, 0.5) is 8.78 Å². The van der Waals surface area contributed by atoms with E-state index in [0.29, 0.717) is 26.1 Å². The van der Waals surface area contributed by atoms with Crippen molar-refractivity contribution >= 4 is 18.3 Å². The molecule has 2 fully saturated rings. The minimum absolute atomic E-state index is 0. The lowest BCUT2D eigenvalue weighted by atomic mass is 10.1. The molecule has 1 saturated heterocycles. The lowest BCUT2D eigenvalue weighted by Crippen LogP contribution is -2.44. The Morgan fingerprint density at radius 1 is 1.36 bits per heavy atom. The molecule has 0 bridgehead atoms. The van der Waals surface area contributed by atoms with E-state index in [1.54, 1.807) is 0 Å². The van der Waals surface area contributed by atoms with Gasteiger partial charge >= 0.3 is 0 Å². The average Bonchev–Trinajstić information content (AvgIpc) is 3.18. The van der Waals surface area contributed by atoms with Crippen molar-refractivity contribution in [1.82, 2.24) is 10.6 Å². The van der Waals surface area contributed by atoms with Gasteiger partial charge in [0.25, 0.3) is 0 Å². The Morgan fingerprint density at radius 3 is 2.73 bits per heavy atom. The van der Waals surface area contributed by atoms with Crippen molar-refractivity contribution in [2.75, 3.05) is 19.8 Å². The molecule has 122 valence electrons. The molecule has 4 nitrogen and oxygen atoms in total. The number of carbonyl (C=O) groups is 1. The monoisotopic (exact) mass is 332 g/mol. The van der Waals surface area contributed by atoms with Crippen molar-refractivity contribution in [2.45, 2.75) is 30.8 Å². The van der Waals surface area contributed by atoms with Crippen LogP contribution in [0.5, 0.6) is 0 Å². The number of hydrogen-bond donors (Lipinski definition) is 2. The second-order valence-electron chi connectivity index (χ2n) is 5.58. The summed E-state index contributed by atoms with van der Waals surface area (Å²) in [7, 11) is 0. The summed E-state index contributed by atoms with van der Waals surface area (Å²) in [6, 6.07) is 3.69. The van der Waals surface area contributed by atoms with E-state index < -0.39 is 11.6 Å². The van der Waals surface area contributed by atoms with Gasteiger partial charge in [-0.2, -0.15) is 0 Å². The molecule has 1 aromatic rings. The summed E-state index contributed by atoms with van der Waals surface area (Å²) in [6.07, 6.45) is 0.904. The van der Waals surface area contributed by atoms with Crippen LogP contribution >= 0.6 is 12.4 Å². The molecule has 3 unspecified atom stereocenters. The lowest BCUT2D eigenvalue weighted by Gasteiger charge is -2.23. The summed E-state index contributed by atoms with van der Waals surface area (Å²) in [5.41, 5.74) is 0.0851. The fraction of sp³-hybridized carbons (Fsp3) is 0.533. The number of amides is 1. The maximum absolute atomic E-state index is 13.6. The van der Waals surface area contributed by atoms with Crippen LogP contribution in [0.25, 0.3) is 0 Å². The van der Waals surface area contributed by atoms with E-state index in [1.165, 1.54) is 18.2 Å². The van der Waals surface area contributed by atoms with Crippen molar-refractivity contribution in [2.24, 2.45) is 0 Å². The van der Waals surface area contributed by atoms with Gasteiger partial charge in [-0.1, -0.05) is 6.07 Å². The van der Waals surface area contributed by atoms with Crippen LogP contribution in [0.3, 0.4) is 0 Å². The molecule has 7 heteroatoms. The minimum atomic E-state index is -0.543. The van der Waals surface area contributed by atoms with Crippen molar-refractivity contribution < 1.29 is 18.3 Å². The predicted molar refractivity (Wildman–Crippen MR) is 80.1 cm³/mol. The van der Waals surface area contributed by atoms with Gasteiger partial charge in [0, 0.05) is 36.5 Å². The number of hydrogen-bond acceptors (Lipinski definition) is 3. The van der Waals surface area contributed by atoms with Crippen LogP contribution in [-0.4, -0.2) is 37.7 Å². The molecule has 0 spiro atoms. The number of benzene rings is 1. The molecule has 1 aromatic carbocycles. The Balaban J connectivity index is 0.00000176. The fourth-order valence-electron chi connectivity index (χ4n) is 2.78. The number of rotatable bonds is 4. The molecule has 0 aromatic heterocycles. The molecule has 2 aliphatic rings. The predicted octanol–water partition coefficient (Wildman–Crippen LogP) is 1.74. The third-order valence-electron chi connectivity index (χ3n) is 3.94.